The van der Waals surface area contributed by atoms with Crippen molar-refractivity contribution in [3.05, 3.63) is 24.3 Å². The fraction of sp³-hybridized carbons (Fsp3) is 0.182. The Morgan fingerprint density at radius 1 is 1.38 bits per heavy atom. The number of ketones is 1. The van der Waals surface area contributed by atoms with Crippen LogP contribution in [-0.2, 0) is 4.79 Å². The first kappa shape index (κ1) is 11.9. The molecule has 0 aromatic heterocycles. The number of hydrazone groups is 1. The summed E-state index contributed by atoms with van der Waals surface area (Å²) >= 11 is 0. The molecule has 5 nitrogen and oxygen atoms in total. The van der Waals surface area contributed by atoms with Gasteiger partial charge in [-0.1, -0.05) is 12.1 Å². The summed E-state index contributed by atoms with van der Waals surface area (Å²) in [5.41, 5.74) is 3.07. The van der Waals surface area contributed by atoms with Crippen LogP contribution in [0.4, 0.5) is 5.69 Å². The number of phenols is 1. The Morgan fingerprint density at radius 2 is 2.00 bits per heavy atom. The molecule has 0 saturated heterocycles. The SMILES string of the molecule is CC(=N)/C(=N/Nc1ccccc1O)C(C)=O. The third kappa shape index (κ3) is 2.91. The molecule has 0 atom stereocenters. The van der Waals surface area contributed by atoms with Gasteiger partial charge in [-0.25, -0.2) is 0 Å². The lowest BCUT2D eigenvalue weighted by atomic mass is 10.2. The van der Waals surface area contributed by atoms with Gasteiger partial charge in [-0.2, -0.15) is 5.10 Å². The highest BCUT2D eigenvalue weighted by Crippen LogP contribution is 2.21. The molecule has 5 heteroatoms. The van der Waals surface area contributed by atoms with Gasteiger partial charge in [-0.3, -0.25) is 10.2 Å². The molecule has 0 bridgehead atoms. The predicted octanol–water partition coefficient (Wildman–Crippen LogP) is 1.79. The van der Waals surface area contributed by atoms with E-state index in [0.29, 0.717) is 5.69 Å². The Hall–Kier alpha value is -2.17. The molecule has 0 fully saturated rings. The van der Waals surface area contributed by atoms with E-state index < -0.39 is 0 Å². The molecule has 16 heavy (non-hydrogen) atoms. The molecule has 0 radical (unpaired) electrons. The monoisotopic (exact) mass is 219 g/mol. The van der Waals surface area contributed by atoms with Crippen LogP contribution in [0.15, 0.2) is 29.4 Å². The van der Waals surface area contributed by atoms with Crippen LogP contribution in [0.25, 0.3) is 0 Å². The number of Topliss-reactive ketones (excluding diaryl/α,β-unsaturated/α-hetero) is 1. The second-order valence-corrected chi connectivity index (χ2v) is 3.27. The van der Waals surface area contributed by atoms with Gasteiger partial charge in [-0.15, -0.1) is 0 Å². The summed E-state index contributed by atoms with van der Waals surface area (Å²) in [6, 6.07) is 6.53. The summed E-state index contributed by atoms with van der Waals surface area (Å²) in [5, 5.41) is 20.6. The minimum Gasteiger partial charge on any atom is -0.506 e. The maximum Gasteiger partial charge on any atom is 0.181 e. The molecule has 0 aliphatic rings. The minimum atomic E-state index is -0.296. The maximum absolute atomic E-state index is 11.1. The fourth-order valence-electron chi connectivity index (χ4n) is 1.11. The lowest BCUT2D eigenvalue weighted by molar-refractivity contribution is -0.110. The first-order valence-corrected chi connectivity index (χ1v) is 4.70. The van der Waals surface area contributed by atoms with Gasteiger partial charge in [0.2, 0.25) is 0 Å². The minimum absolute atomic E-state index is 0.0387. The lowest BCUT2D eigenvalue weighted by Gasteiger charge is -2.04. The van der Waals surface area contributed by atoms with Crippen LogP contribution in [-0.4, -0.2) is 22.3 Å². The molecule has 0 amide bonds. The fourth-order valence-corrected chi connectivity index (χ4v) is 1.11. The van der Waals surface area contributed by atoms with Gasteiger partial charge in [0.15, 0.2) is 5.78 Å². The van der Waals surface area contributed by atoms with E-state index in [1.807, 2.05) is 0 Å². The highest BCUT2D eigenvalue weighted by atomic mass is 16.3. The zero-order valence-electron chi connectivity index (χ0n) is 9.11. The van der Waals surface area contributed by atoms with Crippen LogP contribution < -0.4 is 5.43 Å². The molecule has 1 aromatic rings. The van der Waals surface area contributed by atoms with Gasteiger partial charge >= 0.3 is 0 Å². The van der Waals surface area contributed by atoms with E-state index in [2.05, 4.69) is 10.5 Å². The van der Waals surface area contributed by atoms with Crippen LogP contribution in [0.2, 0.25) is 0 Å². The standard InChI is InChI=1S/C11H13N3O2/c1-7(12)11(8(2)15)14-13-9-5-3-4-6-10(9)16/h3-6,12-13,16H,1-2H3/b12-7?,14-11-. The first-order valence-electron chi connectivity index (χ1n) is 4.70. The third-order valence-electron chi connectivity index (χ3n) is 1.88. The van der Waals surface area contributed by atoms with Crippen LogP contribution in [0.5, 0.6) is 5.75 Å². The van der Waals surface area contributed by atoms with Crippen LogP contribution in [0, 0.1) is 5.41 Å². The number of carbonyl (C=O) groups excluding carboxylic acids is 1. The Labute approximate surface area is 93.3 Å². The number of rotatable bonds is 4. The number of nitrogens with zero attached hydrogens (tertiary/aromatic N) is 1. The molecule has 0 aliphatic carbocycles. The zero-order valence-corrected chi connectivity index (χ0v) is 9.11. The number of hydrogen-bond acceptors (Lipinski definition) is 5. The van der Waals surface area contributed by atoms with Crippen molar-refractivity contribution in [3.63, 3.8) is 0 Å². The normalized spacial score (nSPS) is 11.0. The number of aromatic hydroxyl groups is 1. The lowest BCUT2D eigenvalue weighted by Crippen LogP contribution is -2.19. The van der Waals surface area contributed by atoms with E-state index in [1.165, 1.54) is 19.9 Å². The molecule has 0 heterocycles. The summed E-state index contributed by atoms with van der Waals surface area (Å²) < 4.78 is 0. The number of para-hydroxylation sites is 2. The van der Waals surface area contributed by atoms with Crippen LogP contribution in [0.1, 0.15) is 13.8 Å². The van der Waals surface area contributed by atoms with E-state index in [9.17, 15) is 9.90 Å². The van der Waals surface area contributed by atoms with Crippen LogP contribution in [0.3, 0.4) is 0 Å². The van der Waals surface area contributed by atoms with Crippen molar-refractivity contribution >= 4 is 22.9 Å². The first-order chi connectivity index (χ1) is 7.52. The smallest absolute Gasteiger partial charge is 0.181 e. The van der Waals surface area contributed by atoms with E-state index in [4.69, 9.17) is 5.41 Å². The van der Waals surface area contributed by atoms with Gasteiger partial charge in [0.1, 0.15) is 11.5 Å². The van der Waals surface area contributed by atoms with Gasteiger partial charge in [-0.05, 0) is 19.1 Å². The van der Waals surface area contributed by atoms with Crippen molar-refractivity contribution < 1.29 is 9.90 Å². The second-order valence-electron chi connectivity index (χ2n) is 3.27. The number of benzene rings is 1. The molecule has 1 rings (SSSR count). The molecule has 3 N–H and O–H groups in total. The van der Waals surface area contributed by atoms with Crippen molar-refractivity contribution in [2.75, 3.05) is 5.43 Å². The maximum atomic E-state index is 11.1. The number of nitrogens with one attached hydrogen (secondary N) is 2. The Bertz CT molecular complexity index is 436. The van der Waals surface area contributed by atoms with E-state index in [-0.39, 0.29) is 23.0 Å². The van der Waals surface area contributed by atoms with Gasteiger partial charge in [0.05, 0.1) is 11.4 Å². The predicted molar refractivity (Wildman–Crippen MR) is 63.2 cm³/mol. The largest absolute Gasteiger partial charge is 0.506 e. The zero-order chi connectivity index (χ0) is 12.1. The average Bonchev–Trinajstić information content (AvgIpc) is 2.20. The highest BCUT2D eigenvalue weighted by molar-refractivity contribution is 6.66. The van der Waals surface area contributed by atoms with Crippen molar-refractivity contribution in [1.29, 1.82) is 5.41 Å². The van der Waals surface area contributed by atoms with Crippen molar-refractivity contribution in [2.24, 2.45) is 5.10 Å². The Balaban J connectivity index is 2.90. The van der Waals surface area contributed by atoms with Crippen molar-refractivity contribution in [3.8, 4) is 5.75 Å². The average molecular weight is 219 g/mol. The Kier molecular flexibility index (Phi) is 3.77. The molecule has 0 unspecified atom stereocenters. The molecule has 84 valence electrons. The molecule has 0 spiro atoms. The quantitative estimate of drug-likeness (QED) is 0.410. The summed E-state index contributed by atoms with van der Waals surface area (Å²) in [4.78, 5) is 11.1. The van der Waals surface area contributed by atoms with Gasteiger partial charge in [0, 0.05) is 6.92 Å². The Morgan fingerprint density at radius 3 is 2.50 bits per heavy atom. The summed E-state index contributed by atoms with van der Waals surface area (Å²) in [6.07, 6.45) is 0. The third-order valence-corrected chi connectivity index (χ3v) is 1.88. The van der Waals surface area contributed by atoms with Crippen molar-refractivity contribution in [1.82, 2.24) is 0 Å². The summed E-state index contributed by atoms with van der Waals surface area (Å²) in [7, 11) is 0. The van der Waals surface area contributed by atoms with E-state index >= 15 is 0 Å². The van der Waals surface area contributed by atoms with E-state index in [0.717, 1.165) is 0 Å². The number of carbonyl (C=O) groups is 1. The van der Waals surface area contributed by atoms with E-state index in [1.54, 1.807) is 18.2 Å². The number of phenolic OH excluding ortho intramolecular Hbond substituents is 1. The number of anilines is 1. The highest BCUT2D eigenvalue weighted by Gasteiger charge is 2.08. The molecule has 0 saturated carbocycles. The summed E-state index contributed by atoms with van der Waals surface area (Å²) in [6.45, 7) is 2.82. The molecule has 0 aliphatic heterocycles. The summed E-state index contributed by atoms with van der Waals surface area (Å²) in [5.74, 6) is -0.257. The van der Waals surface area contributed by atoms with Gasteiger partial charge in [0.25, 0.3) is 0 Å². The van der Waals surface area contributed by atoms with Crippen LogP contribution >= 0.6 is 0 Å². The molecular weight excluding hydrogens is 206 g/mol. The van der Waals surface area contributed by atoms with Crippen molar-refractivity contribution in [2.45, 2.75) is 13.8 Å². The molecule has 1 aromatic carbocycles. The topological polar surface area (TPSA) is 85.5 Å². The second kappa shape index (κ2) is 5.06. The molecular formula is C11H13N3O2. The number of hydrogen-bond donors (Lipinski definition) is 3. The van der Waals surface area contributed by atoms with Gasteiger partial charge < -0.3 is 10.5 Å².